The van der Waals surface area contributed by atoms with E-state index in [1.54, 1.807) is 0 Å². The maximum atomic E-state index is 6.00. The van der Waals surface area contributed by atoms with Crippen LogP contribution in [-0.2, 0) is 6.42 Å². The summed E-state index contributed by atoms with van der Waals surface area (Å²) in [7, 11) is 3.87. The fourth-order valence-corrected chi connectivity index (χ4v) is 1.73. The third-order valence-electron chi connectivity index (χ3n) is 2.77. The quantitative estimate of drug-likeness (QED) is 0.839. The highest BCUT2D eigenvalue weighted by Crippen LogP contribution is 2.25. The molecule has 0 saturated heterocycles. The first-order valence-corrected chi connectivity index (χ1v) is 6.02. The highest BCUT2D eigenvalue weighted by atomic mass is 15.2. The van der Waals surface area contributed by atoms with E-state index in [0.29, 0.717) is 5.95 Å². The van der Waals surface area contributed by atoms with Crippen LogP contribution in [0.3, 0.4) is 0 Å². The van der Waals surface area contributed by atoms with Gasteiger partial charge in [0, 0.05) is 31.0 Å². The number of nitrogens with zero attached hydrogens (tertiary/aromatic N) is 3. The minimum atomic E-state index is 0.715. The Morgan fingerprint density at radius 1 is 1.17 bits per heavy atom. The van der Waals surface area contributed by atoms with Crippen LogP contribution in [0.15, 0.2) is 30.3 Å². The summed E-state index contributed by atoms with van der Waals surface area (Å²) >= 11 is 0. The summed E-state index contributed by atoms with van der Waals surface area (Å²) in [5.74, 6) is 0.715. The van der Waals surface area contributed by atoms with Crippen molar-refractivity contribution in [2.24, 2.45) is 0 Å². The number of para-hydroxylation sites is 1. The van der Waals surface area contributed by atoms with Gasteiger partial charge in [-0.25, -0.2) is 9.97 Å². The predicted octanol–water partition coefficient (Wildman–Crippen LogP) is 2.35. The average Bonchev–Trinajstić information content (AvgIpc) is 2.38. The van der Waals surface area contributed by atoms with Crippen LogP contribution in [0.5, 0.6) is 0 Å². The lowest BCUT2D eigenvalue weighted by Gasteiger charge is -2.14. The van der Waals surface area contributed by atoms with Crippen LogP contribution in [0.1, 0.15) is 12.6 Å². The van der Waals surface area contributed by atoms with Gasteiger partial charge in [0.1, 0.15) is 0 Å². The van der Waals surface area contributed by atoms with Crippen LogP contribution in [0, 0.1) is 0 Å². The Hall–Kier alpha value is -2.10. The molecular weight excluding hydrogens is 224 g/mol. The van der Waals surface area contributed by atoms with Crippen molar-refractivity contribution < 1.29 is 0 Å². The van der Waals surface area contributed by atoms with E-state index in [1.165, 1.54) is 0 Å². The zero-order valence-electron chi connectivity index (χ0n) is 11.0. The summed E-state index contributed by atoms with van der Waals surface area (Å²) in [6, 6.07) is 9.76. The van der Waals surface area contributed by atoms with Crippen LogP contribution < -0.4 is 10.6 Å². The van der Waals surface area contributed by atoms with E-state index in [1.807, 2.05) is 49.3 Å². The first-order valence-electron chi connectivity index (χ1n) is 6.02. The van der Waals surface area contributed by atoms with Gasteiger partial charge in [0.05, 0.1) is 5.69 Å². The lowest BCUT2D eigenvalue weighted by molar-refractivity contribution is 0.943. The molecule has 94 valence electrons. The Morgan fingerprint density at radius 3 is 2.50 bits per heavy atom. The zero-order chi connectivity index (χ0) is 13.1. The highest BCUT2D eigenvalue weighted by Gasteiger charge is 2.09. The van der Waals surface area contributed by atoms with Crippen molar-refractivity contribution in [1.82, 2.24) is 9.97 Å². The van der Waals surface area contributed by atoms with Crippen molar-refractivity contribution >= 4 is 11.6 Å². The molecule has 2 N–H and O–H groups in total. The van der Waals surface area contributed by atoms with Crippen molar-refractivity contribution in [3.05, 3.63) is 36.0 Å². The summed E-state index contributed by atoms with van der Waals surface area (Å²) in [6.07, 6.45) is 0.878. The maximum absolute atomic E-state index is 6.00. The molecule has 0 unspecified atom stereocenters. The molecule has 1 aromatic carbocycles. The second-order valence-electron chi connectivity index (χ2n) is 4.38. The van der Waals surface area contributed by atoms with Crippen molar-refractivity contribution in [3.63, 3.8) is 0 Å². The molecule has 1 heterocycles. The second-order valence-corrected chi connectivity index (χ2v) is 4.38. The lowest BCUT2D eigenvalue weighted by Crippen LogP contribution is -2.14. The predicted molar refractivity (Wildman–Crippen MR) is 75.6 cm³/mol. The molecule has 0 aliphatic rings. The molecule has 0 fully saturated rings. The summed E-state index contributed by atoms with van der Waals surface area (Å²) in [5, 5.41) is 0. The van der Waals surface area contributed by atoms with Crippen molar-refractivity contribution in [2.45, 2.75) is 13.3 Å². The number of hydrogen-bond donors (Lipinski definition) is 1. The Balaban J connectivity index is 2.57. The van der Waals surface area contributed by atoms with E-state index in [4.69, 9.17) is 5.73 Å². The first kappa shape index (κ1) is 12.4. The SMILES string of the molecule is CCc1cc(-c2ccccc2N)nc(N(C)C)n1. The van der Waals surface area contributed by atoms with Crippen LogP contribution in [0.25, 0.3) is 11.3 Å². The molecule has 0 spiro atoms. The summed E-state index contributed by atoms with van der Waals surface area (Å²) in [5.41, 5.74) is 9.59. The number of rotatable bonds is 3. The number of anilines is 2. The van der Waals surface area contributed by atoms with Crippen LogP contribution >= 0.6 is 0 Å². The van der Waals surface area contributed by atoms with Gasteiger partial charge >= 0.3 is 0 Å². The molecule has 0 bridgehead atoms. The third kappa shape index (κ3) is 2.42. The van der Waals surface area contributed by atoms with Gasteiger partial charge < -0.3 is 10.6 Å². The molecule has 2 aromatic rings. The smallest absolute Gasteiger partial charge is 0.225 e. The van der Waals surface area contributed by atoms with Crippen molar-refractivity contribution in [1.29, 1.82) is 0 Å². The number of nitrogen functional groups attached to an aromatic ring is 1. The molecule has 0 saturated carbocycles. The van der Waals surface area contributed by atoms with Gasteiger partial charge in [-0.3, -0.25) is 0 Å². The van der Waals surface area contributed by atoms with E-state index in [2.05, 4.69) is 16.9 Å². The van der Waals surface area contributed by atoms with Gasteiger partial charge in [0.2, 0.25) is 5.95 Å². The fraction of sp³-hybridized carbons (Fsp3) is 0.286. The Morgan fingerprint density at radius 2 is 1.89 bits per heavy atom. The third-order valence-corrected chi connectivity index (χ3v) is 2.77. The Kier molecular flexibility index (Phi) is 3.46. The van der Waals surface area contributed by atoms with E-state index in [-0.39, 0.29) is 0 Å². The van der Waals surface area contributed by atoms with Crippen LogP contribution in [-0.4, -0.2) is 24.1 Å². The average molecular weight is 242 g/mol. The number of nitrogens with two attached hydrogens (primary N) is 1. The van der Waals surface area contributed by atoms with Crippen LogP contribution in [0.4, 0.5) is 11.6 Å². The molecule has 18 heavy (non-hydrogen) atoms. The van der Waals surface area contributed by atoms with E-state index in [0.717, 1.165) is 29.1 Å². The summed E-state index contributed by atoms with van der Waals surface area (Å²) in [4.78, 5) is 10.9. The standard InChI is InChI=1S/C14H18N4/c1-4-10-9-13(17-14(16-10)18(2)3)11-7-5-6-8-12(11)15/h5-9H,4,15H2,1-3H3. The molecule has 4 nitrogen and oxygen atoms in total. The van der Waals surface area contributed by atoms with E-state index in [9.17, 15) is 0 Å². The normalized spacial score (nSPS) is 10.4. The fourth-order valence-electron chi connectivity index (χ4n) is 1.73. The van der Waals surface area contributed by atoms with Gasteiger partial charge in [-0.1, -0.05) is 25.1 Å². The van der Waals surface area contributed by atoms with Gasteiger partial charge in [-0.05, 0) is 18.6 Å². The largest absolute Gasteiger partial charge is 0.398 e. The monoisotopic (exact) mass is 242 g/mol. The highest BCUT2D eigenvalue weighted by molar-refractivity contribution is 5.74. The van der Waals surface area contributed by atoms with Crippen LogP contribution in [0.2, 0.25) is 0 Å². The molecule has 0 amide bonds. The molecule has 0 aliphatic heterocycles. The molecule has 1 aromatic heterocycles. The van der Waals surface area contributed by atoms with Gasteiger partial charge in [-0.2, -0.15) is 0 Å². The summed E-state index contributed by atoms with van der Waals surface area (Å²) < 4.78 is 0. The molecule has 0 atom stereocenters. The Bertz CT molecular complexity index is 549. The number of aromatic nitrogens is 2. The van der Waals surface area contributed by atoms with Gasteiger partial charge in [-0.15, -0.1) is 0 Å². The molecular formula is C14H18N4. The van der Waals surface area contributed by atoms with E-state index < -0.39 is 0 Å². The molecule has 0 radical (unpaired) electrons. The molecule has 2 rings (SSSR count). The van der Waals surface area contributed by atoms with E-state index >= 15 is 0 Å². The number of hydrogen-bond acceptors (Lipinski definition) is 4. The van der Waals surface area contributed by atoms with Crippen molar-refractivity contribution in [2.75, 3.05) is 24.7 Å². The minimum Gasteiger partial charge on any atom is -0.398 e. The number of aryl methyl sites for hydroxylation is 1. The van der Waals surface area contributed by atoms with Gasteiger partial charge in [0.15, 0.2) is 0 Å². The molecule has 0 aliphatic carbocycles. The first-order chi connectivity index (χ1) is 8.61. The lowest BCUT2D eigenvalue weighted by atomic mass is 10.1. The summed E-state index contributed by atoms with van der Waals surface area (Å²) in [6.45, 7) is 2.08. The second kappa shape index (κ2) is 5.04. The Labute approximate surface area is 107 Å². The topological polar surface area (TPSA) is 55.0 Å². The molecule has 4 heteroatoms. The maximum Gasteiger partial charge on any atom is 0.225 e. The van der Waals surface area contributed by atoms with Crippen molar-refractivity contribution in [3.8, 4) is 11.3 Å². The van der Waals surface area contributed by atoms with Gasteiger partial charge in [0.25, 0.3) is 0 Å². The minimum absolute atomic E-state index is 0.715. The zero-order valence-corrected chi connectivity index (χ0v) is 11.0. The number of benzene rings is 1.